The molecule has 0 spiro atoms. The third kappa shape index (κ3) is 4.01. The Labute approximate surface area is 138 Å². The van der Waals surface area contributed by atoms with Crippen LogP contribution in [0.2, 0.25) is 0 Å². The zero-order chi connectivity index (χ0) is 16.3. The quantitative estimate of drug-likeness (QED) is 0.822. The summed E-state index contributed by atoms with van der Waals surface area (Å²) in [6.45, 7) is 3.19. The van der Waals surface area contributed by atoms with Crippen molar-refractivity contribution < 1.29 is 13.2 Å². The molecule has 2 aliphatic heterocycles. The summed E-state index contributed by atoms with van der Waals surface area (Å²) in [6.07, 6.45) is 4.09. The zero-order valence-corrected chi connectivity index (χ0v) is 14.3. The van der Waals surface area contributed by atoms with Gasteiger partial charge in [0.25, 0.3) is 0 Å². The van der Waals surface area contributed by atoms with Crippen LogP contribution in [-0.2, 0) is 14.8 Å². The highest BCUT2D eigenvalue weighted by atomic mass is 32.2. The first kappa shape index (κ1) is 16.6. The molecular weight excluding hydrogens is 312 g/mol. The molecule has 5 nitrogen and oxygen atoms in total. The van der Waals surface area contributed by atoms with Crippen LogP contribution in [0, 0.1) is 0 Å². The van der Waals surface area contributed by atoms with Crippen molar-refractivity contribution in [3.05, 3.63) is 41.3 Å². The zero-order valence-electron chi connectivity index (χ0n) is 13.5. The Hall–Kier alpha value is -1.21. The topological polar surface area (TPSA) is 49.9 Å². The molecule has 2 aliphatic rings. The van der Waals surface area contributed by atoms with E-state index in [2.05, 4.69) is 4.90 Å². The second-order valence-corrected chi connectivity index (χ2v) is 8.02. The van der Waals surface area contributed by atoms with Gasteiger partial charge >= 0.3 is 0 Å². The van der Waals surface area contributed by atoms with Crippen LogP contribution in [0.4, 0.5) is 0 Å². The Balaban J connectivity index is 1.51. The van der Waals surface area contributed by atoms with Gasteiger partial charge in [0, 0.05) is 44.7 Å². The SMILES string of the molecule is COC1CCN(C2CN(S(=O)(=O)C=Cc3ccccc3)C2)CC1. The average molecular weight is 336 g/mol. The van der Waals surface area contributed by atoms with Crippen LogP contribution in [0.1, 0.15) is 18.4 Å². The summed E-state index contributed by atoms with van der Waals surface area (Å²) in [5.41, 5.74) is 0.898. The van der Waals surface area contributed by atoms with E-state index in [-0.39, 0.29) is 0 Å². The number of likely N-dealkylation sites (tertiary alicyclic amines) is 1. The first-order valence-electron chi connectivity index (χ1n) is 8.08. The molecule has 2 saturated heterocycles. The number of methoxy groups -OCH3 is 1. The largest absolute Gasteiger partial charge is 0.381 e. The third-order valence-corrected chi connectivity index (χ3v) is 6.24. The Bertz CT molecular complexity index is 631. The molecule has 0 unspecified atom stereocenters. The molecule has 0 amide bonds. The van der Waals surface area contributed by atoms with Crippen molar-refractivity contribution in [2.45, 2.75) is 25.0 Å². The Kier molecular flexibility index (Phi) is 5.16. The van der Waals surface area contributed by atoms with E-state index in [1.165, 1.54) is 5.41 Å². The molecule has 1 aromatic carbocycles. The van der Waals surface area contributed by atoms with Crippen LogP contribution >= 0.6 is 0 Å². The number of ether oxygens (including phenoxy) is 1. The van der Waals surface area contributed by atoms with E-state index in [1.54, 1.807) is 17.5 Å². The Morgan fingerprint density at radius 2 is 1.78 bits per heavy atom. The van der Waals surface area contributed by atoms with Gasteiger partial charge in [-0.1, -0.05) is 30.3 Å². The molecule has 0 N–H and O–H groups in total. The van der Waals surface area contributed by atoms with Gasteiger partial charge in [0.2, 0.25) is 10.0 Å². The van der Waals surface area contributed by atoms with E-state index in [1.807, 2.05) is 30.3 Å². The maximum Gasteiger partial charge on any atom is 0.236 e. The number of rotatable bonds is 5. The van der Waals surface area contributed by atoms with Gasteiger partial charge in [-0.05, 0) is 24.5 Å². The molecule has 0 radical (unpaired) electrons. The number of hydrogen-bond donors (Lipinski definition) is 0. The molecular formula is C17H24N2O3S. The maximum absolute atomic E-state index is 12.3. The highest BCUT2D eigenvalue weighted by Gasteiger charge is 2.38. The molecule has 2 heterocycles. The lowest BCUT2D eigenvalue weighted by Crippen LogP contribution is -2.62. The van der Waals surface area contributed by atoms with E-state index >= 15 is 0 Å². The summed E-state index contributed by atoms with van der Waals surface area (Å²) in [6, 6.07) is 9.85. The second-order valence-electron chi connectivity index (χ2n) is 6.20. The van der Waals surface area contributed by atoms with Crippen molar-refractivity contribution in [3.63, 3.8) is 0 Å². The van der Waals surface area contributed by atoms with Crippen molar-refractivity contribution >= 4 is 16.1 Å². The van der Waals surface area contributed by atoms with E-state index in [0.29, 0.717) is 25.2 Å². The molecule has 0 aliphatic carbocycles. The summed E-state index contributed by atoms with van der Waals surface area (Å²) in [5, 5.41) is 1.32. The maximum atomic E-state index is 12.3. The molecule has 0 aromatic heterocycles. The number of piperidine rings is 1. The molecule has 0 saturated carbocycles. The lowest BCUT2D eigenvalue weighted by molar-refractivity contribution is 0.00387. The van der Waals surface area contributed by atoms with E-state index in [0.717, 1.165) is 31.5 Å². The normalized spacial score (nSPS) is 22.5. The summed E-state index contributed by atoms with van der Waals surface area (Å²) in [4.78, 5) is 2.39. The van der Waals surface area contributed by atoms with Crippen LogP contribution in [0.3, 0.4) is 0 Å². The third-order valence-electron chi connectivity index (χ3n) is 4.75. The van der Waals surface area contributed by atoms with Crippen LogP contribution in [-0.4, -0.2) is 63.1 Å². The number of nitrogens with zero attached hydrogens (tertiary/aromatic N) is 2. The molecule has 6 heteroatoms. The standard InChI is InChI=1S/C17H24N2O3S/c1-22-17-7-10-18(11-8-17)16-13-19(14-16)23(20,21)12-9-15-5-3-2-4-6-15/h2-6,9,12,16-17H,7-8,10-11,13-14H2,1H3. The molecule has 0 atom stereocenters. The van der Waals surface area contributed by atoms with Crippen LogP contribution < -0.4 is 0 Å². The Morgan fingerprint density at radius 3 is 2.39 bits per heavy atom. The smallest absolute Gasteiger partial charge is 0.236 e. The van der Waals surface area contributed by atoms with Crippen molar-refractivity contribution in [2.24, 2.45) is 0 Å². The van der Waals surface area contributed by atoms with Crippen LogP contribution in [0.15, 0.2) is 35.7 Å². The Morgan fingerprint density at radius 1 is 1.13 bits per heavy atom. The summed E-state index contributed by atoms with van der Waals surface area (Å²) >= 11 is 0. The van der Waals surface area contributed by atoms with E-state index in [9.17, 15) is 8.42 Å². The van der Waals surface area contributed by atoms with Crippen molar-refractivity contribution in [3.8, 4) is 0 Å². The minimum absolute atomic E-state index is 0.354. The predicted octanol–water partition coefficient (Wildman–Crippen LogP) is 1.78. The number of sulfonamides is 1. The fourth-order valence-corrected chi connectivity index (χ4v) is 4.41. The van der Waals surface area contributed by atoms with Gasteiger partial charge in [0.1, 0.15) is 0 Å². The average Bonchev–Trinajstić information content (AvgIpc) is 2.53. The predicted molar refractivity (Wildman–Crippen MR) is 91.4 cm³/mol. The van der Waals surface area contributed by atoms with Gasteiger partial charge in [-0.25, -0.2) is 8.42 Å². The second kappa shape index (κ2) is 7.13. The van der Waals surface area contributed by atoms with Crippen molar-refractivity contribution in [2.75, 3.05) is 33.3 Å². The molecule has 1 aromatic rings. The lowest BCUT2D eigenvalue weighted by Gasteiger charge is -2.46. The molecule has 126 valence electrons. The lowest BCUT2D eigenvalue weighted by atomic mass is 10.0. The number of benzene rings is 1. The minimum atomic E-state index is -3.31. The van der Waals surface area contributed by atoms with Gasteiger partial charge in [-0.15, -0.1) is 0 Å². The van der Waals surface area contributed by atoms with Crippen molar-refractivity contribution in [1.82, 2.24) is 9.21 Å². The van der Waals surface area contributed by atoms with Crippen LogP contribution in [0.5, 0.6) is 0 Å². The van der Waals surface area contributed by atoms with Crippen LogP contribution in [0.25, 0.3) is 6.08 Å². The van der Waals surface area contributed by atoms with Gasteiger partial charge < -0.3 is 4.74 Å². The number of hydrogen-bond acceptors (Lipinski definition) is 4. The van der Waals surface area contributed by atoms with Gasteiger partial charge in [0.05, 0.1) is 6.10 Å². The molecule has 23 heavy (non-hydrogen) atoms. The highest BCUT2D eigenvalue weighted by Crippen LogP contribution is 2.24. The molecule has 0 bridgehead atoms. The van der Waals surface area contributed by atoms with E-state index < -0.39 is 10.0 Å². The summed E-state index contributed by atoms with van der Waals surface area (Å²) in [5.74, 6) is 0. The molecule has 2 fully saturated rings. The van der Waals surface area contributed by atoms with Gasteiger partial charge in [-0.2, -0.15) is 4.31 Å². The summed E-state index contributed by atoms with van der Waals surface area (Å²) in [7, 11) is -1.55. The first-order chi connectivity index (χ1) is 11.1. The van der Waals surface area contributed by atoms with Gasteiger partial charge in [-0.3, -0.25) is 4.90 Å². The highest BCUT2D eigenvalue weighted by molar-refractivity contribution is 7.92. The minimum Gasteiger partial charge on any atom is -0.381 e. The van der Waals surface area contributed by atoms with E-state index in [4.69, 9.17) is 4.74 Å². The fraction of sp³-hybridized carbons (Fsp3) is 0.529. The monoisotopic (exact) mass is 336 g/mol. The molecule has 3 rings (SSSR count). The first-order valence-corrected chi connectivity index (χ1v) is 9.59. The van der Waals surface area contributed by atoms with Crippen molar-refractivity contribution in [1.29, 1.82) is 0 Å². The fourth-order valence-electron chi connectivity index (χ4n) is 3.15. The summed E-state index contributed by atoms with van der Waals surface area (Å²) < 4.78 is 31.6. The van der Waals surface area contributed by atoms with Gasteiger partial charge in [0.15, 0.2) is 0 Å².